The Morgan fingerprint density at radius 2 is 2.06 bits per heavy atom. The van der Waals surface area contributed by atoms with Crippen molar-refractivity contribution in [3.05, 3.63) is 28.8 Å². The monoisotopic (exact) mass is 264 g/mol. The van der Waals surface area contributed by atoms with Gasteiger partial charge in [0.15, 0.2) is 0 Å². The van der Waals surface area contributed by atoms with Crippen LogP contribution in [0.5, 0.6) is 0 Å². The van der Waals surface area contributed by atoms with Crippen LogP contribution in [0.4, 0.5) is 5.69 Å². The lowest BCUT2D eigenvalue weighted by atomic mass is 9.82. The number of hydrogen-bond donors (Lipinski definition) is 2. The molecule has 0 atom stereocenters. The molecule has 1 saturated carbocycles. The minimum atomic E-state index is -0.280. The Kier molecular flexibility index (Phi) is 4.11. The maximum atomic E-state index is 9.65. The highest BCUT2D eigenvalue weighted by atomic mass is 35.5. The van der Waals surface area contributed by atoms with Crippen molar-refractivity contribution in [1.82, 2.24) is 0 Å². The van der Waals surface area contributed by atoms with Crippen LogP contribution in [0.1, 0.15) is 37.7 Å². The average Bonchev–Trinajstić information content (AvgIpc) is 2.42. The molecule has 2 N–H and O–H groups in total. The summed E-state index contributed by atoms with van der Waals surface area (Å²) >= 11 is 5.88. The first-order valence-electron chi connectivity index (χ1n) is 6.28. The molecular formula is C14H17ClN2O. The molecule has 1 aliphatic rings. The van der Waals surface area contributed by atoms with Gasteiger partial charge in [-0.2, -0.15) is 5.26 Å². The van der Waals surface area contributed by atoms with E-state index in [9.17, 15) is 5.11 Å². The number of nitriles is 1. The summed E-state index contributed by atoms with van der Waals surface area (Å²) in [5.74, 6) is 0. The number of hydrogen-bond acceptors (Lipinski definition) is 3. The minimum Gasteiger partial charge on any atom is -0.394 e. The van der Waals surface area contributed by atoms with Gasteiger partial charge < -0.3 is 10.4 Å². The second-order valence-corrected chi connectivity index (χ2v) is 5.36. The molecule has 1 aromatic carbocycles. The van der Waals surface area contributed by atoms with Crippen LogP contribution in [-0.2, 0) is 0 Å². The Bertz CT molecular complexity index is 461. The lowest BCUT2D eigenvalue weighted by molar-refractivity contribution is 0.173. The first kappa shape index (κ1) is 13.2. The predicted molar refractivity (Wildman–Crippen MR) is 72.7 cm³/mol. The van der Waals surface area contributed by atoms with Crippen LogP contribution in [0.2, 0.25) is 5.02 Å². The summed E-state index contributed by atoms with van der Waals surface area (Å²) < 4.78 is 0. The van der Waals surface area contributed by atoms with E-state index in [-0.39, 0.29) is 12.1 Å². The molecule has 0 aliphatic heterocycles. The van der Waals surface area contributed by atoms with Crippen molar-refractivity contribution in [2.24, 2.45) is 0 Å². The third-order valence-electron chi connectivity index (χ3n) is 3.62. The van der Waals surface area contributed by atoms with Gasteiger partial charge >= 0.3 is 0 Å². The Hall–Kier alpha value is -1.24. The molecular weight excluding hydrogens is 248 g/mol. The van der Waals surface area contributed by atoms with E-state index in [4.69, 9.17) is 16.9 Å². The van der Waals surface area contributed by atoms with E-state index in [1.807, 2.05) is 6.07 Å². The maximum Gasteiger partial charge on any atom is 0.101 e. The smallest absolute Gasteiger partial charge is 0.101 e. The van der Waals surface area contributed by atoms with E-state index in [0.29, 0.717) is 10.6 Å². The van der Waals surface area contributed by atoms with Gasteiger partial charge in [0.25, 0.3) is 0 Å². The molecule has 4 heteroatoms. The lowest BCUT2D eigenvalue weighted by Crippen LogP contribution is -2.44. The van der Waals surface area contributed by atoms with Gasteiger partial charge in [-0.1, -0.05) is 30.9 Å². The highest BCUT2D eigenvalue weighted by Gasteiger charge is 2.31. The molecule has 2 rings (SSSR count). The van der Waals surface area contributed by atoms with Gasteiger partial charge in [-0.25, -0.2) is 0 Å². The van der Waals surface area contributed by atoms with E-state index in [1.165, 1.54) is 6.42 Å². The summed E-state index contributed by atoms with van der Waals surface area (Å²) in [6, 6.07) is 7.36. The zero-order chi connectivity index (χ0) is 13.0. The molecule has 0 unspecified atom stereocenters. The molecule has 0 saturated heterocycles. The molecule has 1 aromatic rings. The first-order valence-corrected chi connectivity index (χ1v) is 6.66. The molecule has 0 heterocycles. The Morgan fingerprint density at radius 1 is 1.33 bits per heavy atom. The van der Waals surface area contributed by atoms with Crippen LogP contribution in [0.3, 0.4) is 0 Å². The number of nitrogens with zero attached hydrogens (tertiary/aromatic N) is 1. The van der Waals surface area contributed by atoms with Crippen molar-refractivity contribution >= 4 is 17.3 Å². The third-order valence-corrected chi connectivity index (χ3v) is 3.85. The predicted octanol–water partition coefficient (Wildman–Crippen LogP) is 3.32. The van der Waals surface area contributed by atoms with Crippen molar-refractivity contribution in [2.45, 2.75) is 37.6 Å². The summed E-state index contributed by atoms with van der Waals surface area (Å²) in [6.07, 6.45) is 5.33. The lowest BCUT2D eigenvalue weighted by Gasteiger charge is -2.37. The number of rotatable bonds is 3. The summed E-state index contributed by atoms with van der Waals surface area (Å²) in [5, 5.41) is 22.7. The topological polar surface area (TPSA) is 56.0 Å². The second-order valence-electron chi connectivity index (χ2n) is 4.93. The van der Waals surface area contributed by atoms with Crippen LogP contribution in [-0.4, -0.2) is 17.3 Å². The van der Waals surface area contributed by atoms with Gasteiger partial charge in [-0.3, -0.25) is 0 Å². The molecule has 18 heavy (non-hydrogen) atoms. The van der Waals surface area contributed by atoms with Gasteiger partial charge in [0.05, 0.1) is 23.4 Å². The fraction of sp³-hybridized carbons (Fsp3) is 0.500. The molecule has 0 aromatic heterocycles. The van der Waals surface area contributed by atoms with Crippen molar-refractivity contribution in [1.29, 1.82) is 5.26 Å². The minimum absolute atomic E-state index is 0.0977. The molecule has 0 spiro atoms. The van der Waals surface area contributed by atoms with Crippen molar-refractivity contribution in [3.63, 3.8) is 0 Å². The third kappa shape index (κ3) is 2.77. The molecule has 96 valence electrons. The highest BCUT2D eigenvalue weighted by molar-refractivity contribution is 6.30. The molecule has 1 fully saturated rings. The summed E-state index contributed by atoms with van der Waals surface area (Å²) in [7, 11) is 0. The number of aliphatic hydroxyl groups is 1. The van der Waals surface area contributed by atoms with E-state index in [2.05, 4.69) is 11.4 Å². The fourth-order valence-electron chi connectivity index (χ4n) is 2.55. The average molecular weight is 265 g/mol. The van der Waals surface area contributed by atoms with Gasteiger partial charge in [-0.05, 0) is 31.0 Å². The summed E-state index contributed by atoms with van der Waals surface area (Å²) in [6.45, 7) is 0.0977. The van der Waals surface area contributed by atoms with Crippen LogP contribution in [0.15, 0.2) is 18.2 Å². The highest BCUT2D eigenvalue weighted by Crippen LogP contribution is 2.33. The Labute approximate surface area is 112 Å². The van der Waals surface area contributed by atoms with Crippen LogP contribution >= 0.6 is 11.6 Å². The van der Waals surface area contributed by atoms with Crippen molar-refractivity contribution in [2.75, 3.05) is 11.9 Å². The van der Waals surface area contributed by atoms with Crippen LogP contribution in [0.25, 0.3) is 0 Å². The number of benzene rings is 1. The van der Waals surface area contributed by atoms with Crippen LogP contribution in [0, 0.1) is 11.3 Å². The maximum absolute atomic E-state index is 9.65. The van der Waals surface area contributed by atoms with Crippen LogP contribution < -0.4 is 5.32 Å². The molecule has 0 radical (unpaired) electrons. The van der Waals surface area contributed by atoms with Gasteiger partial charge in [0.2, 0.25) is 0 Å². The number of nitrogens with one attached hydrogen (secondary N) is 1. The van der Waals surface area contributed by atoms with E-state index < -0.39 is 0 Å². The SMILES string of the molecule is N#Cc1cc(Cl)ccc1NC1(CO)CCCCC1. The van der Waals surface area contributed by atoms with Crippen molar-refractivity contribution < 1.29 is 5.11 Å². The van der Waals surface area contributed by atoms with Crippen molar-refractivity contribution in [3.8, 4) is 6.07 Å². The molecule has 0 amide bonds. The second kappa shape index (κ2) is 5.60. The zero-order valence-corrected chi connectivity index (χ0v) is 11.0. The normalized spacial score (nSPS) is 18.1. The van der Waals surface area contributed by atoms with Gasteiger partial charge in [0.1, 0.15) is 6.07 Å². The number of halogens is 1. The van der Waals surface area contributed by atoms with E-state index in [1.54, 1.807) is 12.1 Å². The largest absolute Gasteiger partial charge is 0.394 e. The fourth-order valence-corrected chi connectivity index (χ4v) is 2.73. The summed E-state index contributed by atoms with van der Waals surface area (Å²) in [5.41, 5.74) is 1.01. The Balaban J connectivity index is 2.24. The zero-order valence-electron chi connectivity index (χ0n) is 10.2. The van der Waals surface area contributed by atoms with Gasteiger partial charge in [-0.15, -0.1) is 0 Å². The Morgan fingerprint density at radius 3 is 2.67 bits per heavy atom. The molecule has 0 bridgehead atoms. The summed E-state index contributed by atoms with van der Waals surface area (Å²) in [4.78, 5) is 0. The number of aliphatic hydroxyl groups excluding tert-OH is 1. The first-order chi connectivity index (χ1) is 8.69. The quantitative estimate of drug-likeness (QED) is 0.881. The van der Waals surface area contributed by atoms with E-state index in [0.717, 1.165) is 31.4 Å². The molecule has 1 aliphatic carbocycles. The molecule has 3 nitrogen and oxygen atoms in total. The standard InChI is InChI=1S/C14H17ClN2O/c15-12-4-5-13(11(8-12)9-16)17-14(10-18)6-2-1-3-7-14/h4-5,8,17-18H,1-3,6-7,10H2. The van der Waals surface area contributed by atoms with Gasteiger partial charge in [0, 0.05) is 5.02 Å². The number of anilines is 1. The van der Waals surface area contributed by atoms with E-state index >= 15 is 0 Å².